The molecule has 5 rings (SSSR count). The number of pyridine rings is 1. The molecule has 1 fully saturated rings. The average Bonchev–Trinajstić information content (AvgIpc) is 3.54. The van der Waals surface area contributed by atoms with Crippen LogP contribution in [0.2, 0.25) is 0 Å². The standard InChI is InChI=1S/C24H22FN5O2S2/c1-29(2)23(32)15-9-10-30(13-15)24-28-22-20(34-24)11-19(33-22)21(31)27-17-6-3-14(4-7-17)18-8-5-16(25)12-26-18/h3-8,11-12,15H,9-10,13H2,1-2H3,(H,27,31)/t15-/m0/s1. The molecule has 4 heterocycles. The largest absolute Gasteiger partial charge is 0.349 e. The molecule has 1 aliphatic rings. The first-order valence-electron chi connectivity index (χ1n) is 10.8. The molecule has 1 aliphatic heterocycles. The molecule has 34 heavy (non-hydrogen) atoms. The van der Waals surface area contributed by atoms with E-state index in [-0.39, 0.29) is 23.5 Å². The van der Waals surface area contributed by atoms with Crippen molar-refractivity contribution in [1.29, 1.82) is 0 Å². The lowest BCUT2D eigenvalue weighted by atomic mass is 10.1. The van der Waals surface area contributed by atoms with Crippen molar-refractivity contribution < 1.29 is 14.0 Å². The molecular weight excluding hydrogens is 473 g/mol. The van der Waals surface area contributed by atoms with Crippen LogP contribution in [0, 0.1) is 11.7 Å². The molecule has 3 aromatic heterocycles. The van der Waals surface area contributed by atoms with Crippen molar-refractivity contribution in [2.24, 2.45) is 5.92 Å². The van der Waals surface area contributed by atoms with Gasteiger partial charge in [-0.3, -0.25) is 14.6 Å². The number of hydrogen-bond acceptors (Lipinski definition) is 7. The van der Waals surface area contributed by atoms with Crippen LogP contribution in [0.3, 0.4) is 0 Å². The van der Waals surface area contributed by atoms with E-state index >= 15 is 0 Å². The molecule has 0 aliphatic carbocycles. The summed E-state index contributed by atoms with van der Waals surface area (Å²) < 4.78 is 14.0. The Hall–Kier alpha value is -3.37. The van der Waals surface area contributed by atoms with Gasteiger partial charge in [-0.1, -0.05) is 23.5 Å². The highest BCUT2D eigenvalue weighted by molar-refractivity contribution is 7.29. The topological polar surface area (TPSA) is 78.4 Å². The number of halogens is 1. The van der Waals surface area contributed by atoms with Crippen LogP contribution in [0.15, 0.2) is 48.7 Å². The number of rotatable bonds is 5. The summed E-state index contributed by atoms with van der Waals surface area (Å²) in [6, 6.07) is 12.1. The van der Waals surface area contributed by atoms with Gasteiger partial charge in [0.2, 0.25) is 5.91 Å². The molecule has 1 atom stereocenters. The molecule has 7 nitrogen and oxygen atoms in total. The normalized spacial score (nSPS) is 15.6. The number of benzene rings is 1. The number of thiazole rings is 1. The number of amides is 2. The van der Waals surface area contributed by atoms with Gasteiger partial charge < -0.3 is 15.1 Å². The molecule has 4 aromatic rings. The molecule has 174 valence electrons. The molecular formula is C24H22FN5O2S2. The number of fused-ring (bicyclic) bond motifs is 1. The molecule has 0 saturated carbocycles. The summed E-state index contributed by atoms with van der Waals surface area (Å²) in [7, 11) is 3.57. The third-order valence-electron chi connectivity index (χ3n) is 5.72. The van der Waals surface area contributed by atoms with E-state index in [1.54, 1.807) is 48.5 Å². The fourth-order valence-electron chi connectivity index (χ4n) is 3.94. The molecule has 2 amide bonds. The van der Waals surface area contributed by atoms with Gasteiger partial charge in [-0.15, -0.1) is 11.3 Å². The Morgan fingerprint density at radius 1 is 1.15 bits per heavy atom. The third-order valence-corrected chi connectivity index (χ3v) is 7.94. The van der Waals surface area contributed by atoms with Gasteiger partial charge in [0.25, 0.3) is 5.91 Å². The third kappa shape index (κ3) is 4.51. The Morgan fingerprint density at radius 3 is 2.62 bits per heavy atom. The molecule has 1 aromatic carbocycles. The highest BCUT2D eigenvalue weighted by atomic mass is 32.1. The Labute approximate surface area is 203 Å². The average molecular weight is 496 g/mol. The number of carbonyl (C=O) groups excluding carboxylic acids is 2. The van der Waals surface area contributed by atoms with Crippen LogP contribution in [-0.2, 0) is 4.79 Å². The van der Waals surface area contributed by atoms with Gasteiger partial charge in [-0.05, 0) is 36.8 Å². The van der Waals surface area contributed by atoms with Crippen molar-refractivity contribution in [2.75, 3.05) is 37.4 Å². The summed E-state index contributed by atoms with van der Waals surface area (Å²) >= 11 is 2.91. The van der Waals surface area contributed by atoms with E-state index in [0.717, 1.165) is 33.2 Å². The van der Waals surface area contributed by atoms with Crippen molar-refractivity contribution >= 4 is 54.8 Å². The minimum Gasteiger partial charge on any atom is -0.349 e. The minimum atomic E-state index is -0.380. The van der Waals surface area contributed by atoms with Crippen molar-refractivity contribution in [2.45, 2.75) is 6.42 Å². The molecule has 0 radical (unpaired) electrons. The van der Waals surface area contributed by atoms with Gasteiger partial charge in [0.1, 0.15) is 10.6 Å². The van der Waals surface area contributed by atoms with Gasteiger partial charge in [0, 0.05) is 38.4 Å². The first-order valence-corrected chi connectivity index (χ1v) is 12.4. The number of carbonyl (C=O) groups is 2. The Bertz CT molecular complexity index is 1320. The highest BCUT2D eigenvalue weighted by Crippen LogP contribution is 2.37. The molecule has 1 saturated heterocycles. The molecule has 0 spiro atoms. The van der Waals surface area contributed by atoms with Crippen LogP contribution < -0.4 is 10.2 Å². The van der Waals surface area contributed by atoms with E-state index in [1.165, 1.54) is 23.6 Å². The molecule has 0 unspecified atom stereocenters. The fourth-order valence-corrected chi connectivity index (χ4v) is 6.08. The second-order valence-corrected chi connectivity index (χ2v) is 10.4. The van der Waals surface area contributed by atoms with Crippen LogP contribution in [0.25, 0.3) is 20.8 Å². The zero-order valence-electron chi connectivity index (χ0n) is 18.6. The summed E-state index contributed by atoms with van der Waals surface area (Å²) in [5, 5.41) is 3.81. The Balaban J connectivity index is 1.24. The predicted octanol–water partition coefficient (Wildman–Crippen LogP) is 4.73. The van der Waals surface area contributed by atoms with Crippen molar-refractivity contribution in [3.63, 3.8) is 0 Å². The van der Waals surface area contributed by atoms with Crippen molar-refractivity contribution in [3.8, 4) is 11.3 Å². The SMILES string of the molecule is CN(C)C(=O)[C@H]1CCN(c2nc3sc(C(=O)Nc4ccc(-c5ccc(F)cn5)cc4)cc3s2)C1. The lowest BCUT2D eigenvalue weighted by Gasteiger charge is -2.17. The van der Waals surface area contributed by atoms with Gasteiger partial charge in [0.15, 0.2) is 5.13 Å². The van der Waals surface area contributed by atoms with Crippen LogP contribution in [-0.4, -0.2) is 53.9 Å². The lowest BCUT2D eigenvalue weighted by Crippen LogP contribution is -2.31. The summed E-state index contributed by atoms with van der Waals surface area (Å²) in [6.45, 7) is 1.48. The second kappa shape index (κ2) is 9.11. The quantitative estimate of drug-likeness (QED) is 0.433. The zero-order chi connectivity index (χ0) is 23.8. The maximum atomic E-state index is 13.1. The number of thiophene rings is 1. The number of nitrogens with one attached hydrogen (secondary N) is 1. The predicted molar refractivity (Wildman–Crippen MR) is 134 cm³/mol. The number of aromatic nitrogens is 2. The smallest absolute Gasteiger partial charge is 0.265 e. The lowest BCUT2D eigenvalue weighted by molar-refractivity contribution is -0.132. The Morgan fingerprint density at radius 2 is 1.94 bits per heavy atom. The van der Waals surface area contributed by atoms with E-state index in [9.17, 15) is 14.0 Å². The van der Waals surface area contributed by atoms with Crippen molar-refractivity contribution in [3.05, 3.63) is 59.4 Å². The van der Waals surface area contributed by atoms with Gasteiger partial charge in [-0.2, -0.15) is 0 Å². The second-order valence-electron chi connectivity index (χ2n) is 8.33. The minimum absolute atomic E-state index is 0.00324. The fraction of sp³-hybridized carbons (Fsp3) is 0.250. The van der Waals surface area contributed by atoms with Crippen molar-refractivity contribution in [1.82, 2.24) is 14.9 Å². The monoisotopic (exact) mass is 495 g/mol. The number of hydrogen-bond donors (Lipinski definition) is 1. The van der Waals surface area contributed by atoms with E-state index in [0.29, 0.717) is 22.8 Å². The van der Waals surface area contributed by atoms with Gasteiger partial charge >= 0.3 is 0 Å². The maximum Gasteiger partial charge on any atom is 0.265 e. The van der Waals surface area contributed by atoms with Crippen LogP contribution >= 0.6 is 22.7 Å². The maximum absolute atomic E-state index is 13.1. The number of anilines is 2. The zero-order valence-corrected chi connectivity index (χ0v) is 20.3. The number of nitrogens with zero attached hydrogens (tertiary/aromatic N) is 4. The van der Waals surface area contributed by atoms with E-state index in [1.807, 2.05) is 18.2 Å². The summed E-state index contributed by atoms with van der Waals surface area (Å²) in [6.07, 6.45) is 2.01. The molecule has 10 heteroatoms. The first-order chi connectivity index (χ1) is 16.4. The van der Waals surface area contributed by atoms with Crippen LogP contribution in [0.4, 0.5) is 15.2 Å². The summed E-state index contributed by atoms with van der Waals surface area (Å²) in [4.78, 5) is 39.0. The molecule has 0 bridgehead atoms. The van der Waals surface area contributed by atoms with Gasteiger partial charge in [-0.25, -0.2) is 9.37 Å². The van der Waals surface area contributed by atoms with E-state index < -0.39 is 0 Å². The summed E-state index contributed by atoms with van der Waals surface area (Å²) in [5.41, 5.74) is 2.16. The van der Waals surface area contributed by atoms with E-state index in [2.05, 4.69) is 15.2 Å². The van der Waals surface area contributed by atoms with Crippen LogP contribution in [0.5, 0.6) is 0 Å². The summed E-state index contributed by atoms with van der Waals surface area (Å²) in [5.74, 6) is -0.415. The van der Waals surface area contributed by atoms with Gasteiger partial charge in [0.05, 0.1) is 27.4 Å². The van der Waals surface area contributed by atoms with E-state index in [4.69, 9.17) is 4.98 Å². The highest BCUT2D eigenvalue weighted by Gasteiger charge is 2.31. The van der Waals surface area contributed by atoms with Crippen LogP contribution in [0.1, 0.15) is 16.1 Å². The first kappa shape index (κ1) is 22.4. The molecule has 1 N–H and O–H groups in total. The Kier molecular flexibility index (Phi) is 6.01.